The van der Waals surface area contributed by atoms with Crippen molar-refractivity contribution in [3.05, 3.63) is 76.3 Å². The summed E-state index contributed by atoms with van der Waals surface area (Å²) in [5.41, 5.74) is 4.31. The Morgan fingerprint density at radius 1 is 1.15 bits per heavy atom. The fourth-order valence-electron chi connectivity index (χ4n) is 4.00. The number of aromatic nitrogens is 3. The molecule has 0 aliphatic heterocycles. The predicted octanol–water partition coefficient (Wildman–Crippen LogP) is 4.44. The fourth-order valence-corrected chi connectivity index (χ4v) is 4.12. The quantitative estimate of drug-likeness (QED) is 0.406. The summed E-state index contributed by atoms with van der Waals surface area (Å²) in [6.45, 7) is 4.27. The number of nitrogens with zero attached hydrogens (tertiary/aromatic N) is 3. The predicted molar refractivity (Wildman–Crippen MR) is 131 cm³/mol. The number of aliphatic hydroxyl groups is 1. The van der Waals surface area contributed by atoms with E-state index in [2.05, 4.69) is 15.3 Å². The van der Waals surface area contributed by atoms with Gasteiger partial charge >= 0.3 is 0 Å². The summed E-state index contributed by atoms with van der Waals surface area (Å²) < 4.78 is 12.6. The smallest absolute Gasteiger partial charge is 0.257 e. The van der Waals surface area contributed by atoms with Crippen molar-refractivity contribution in [1.82, 2.24) is 14.5 Å². The summed E-state index contributed by atoms with van der Waals surface area (Å²) in [5, 5.41) is 15.2. The third-order valence-electron chi connectivity index (χ3n) is 5.73. The van der Waals surface area contributed by atoms with Gasteiger partial charge in [-0.15, -0.1) is 0 Å². The lowest BCUT2D eigenvalue weighted by Gasteiger charge is -2.14. The van der Waals surface area contributed by atoms with Crippen LogP contribution in [0.4, 0.5) is 5.69 Å². The van der Waals surface area contributed by atoms with Gasteiger partial charge in [-0.25, -0.2) is 4.98 Å². The highest BCUT2D eigenvalue weighted by molar-refractivity contribution is 6.30. The Labute approximate surface area is 202 Å². The van der Waals surface area contributed by atoms with Crippen molar-refractivity contribution in [2.45, 2.75) is 26.5 Å². The number of nitrogens with one attached hydrogen (secondary N) is 1. The van der Waals surface area contributed by atoms with Gasteiger partial charge in [0, 0.05) is 46.3 Å². The van der Waals surface area contributed by atoms with E-state index in [9.17, 15) is 9.90 Å². The molecule has 4 rings (SSSR count). The molecule has 1 aromatic carbocycles. The maximum Gasteiger partial charge on any atom is 0.257 e. The van der Waals surface area contributed by atoms with Crippen LogP contribution in [-0.2, 0) is 11.3 Å². The second-order valence-corrected chi connectivity index (χ2v) is 8.31. The maximum absolute atomic E-state index is 13.0. The van der Waals surface area contributed by atoms with Crippen molar-refractivity contribution in [2.24, 2.45) is 0 Å². The SMILES string of the molecule is COc1cc(NC(=O)C(O)c2c(C)n(Cc3ccc(Cl)cn3)c3cc(C)c(OC)cc23)ccn1. The average Bonchev–Trinajstić information content (AvgIpc) is 3.09. The number of fused-ring (bicyclic) bond motifs is 1. The summed E-state index contributed by atoms with van der Waals surface area (Å²) in [4.78, 5) is 21.5. The van der Waals surface area contributed by atoms with E-state index < -0.39 is 12.0 Å². The number of hydrogen-bond donors (Lipinski definition) is 2. The van der Waals surface area contributed by atoms with Crippen LogP contribution in [0.15, 0.2) is 48.8 Å². The van der Waals surface area contributed by atoms with Crippen molar-refractivity contribution in [2.75, 3.05) is 19.5 Å². The first-order chi connectivity index (χ1) is 16.3. The minimum absolute atomic E-state index is 0.357. The van der Waals surface area contributed by atoms with Gasteiger partial charge in [0.2, 0.25) is 5.88 Å². The van der Waals surface area contributed by atoms with E-state index in [1.807, 2.05) is 36.6 Å². The van der Waals surface area contributed by atoms with Crippen LogP contribution in [0.1, 0.15) is 28.6 Å². The van der Waals surface area contributed by atoms with E-state index in [0.717, 1.165) is 27.9 Å². The number of methoxy groups -OCH3 is 2. The van der Waals surface area contributed by atoms with E-state index in [-0.39, 0.29) is 0 Å². The van der Waals surface area contributed by atoms with Crippen molar-refractivity contribution in [1.29, 1.82) is 0 Å². The third-order valence-corrected chi connectivity index (χ3v) is 5.95. The number of hydrogen-bond acceptors (Lipinski definition) is 6. The number of benzene rings is 1. The van der Waals surface area contributed by atoms with Crippen LogP contribution in [-0.4, -0.2) is 39.8 Å². The molecule has 176 valence electrons. The van der Waals surface area contributed by atoms with Crippen molar-refractivity contribution < 1.29 is 19.4 Å². The summed E-state index contributed by atoms with van der Waals surface area (Å²) in [6.07, 6.45) is 1.69. The largest absolute Gasteiger partial charge is 0.496 e. The summed E-state index contributed by atoms with van der Waals surface area (Å²) in [7, 11) is 3.08. The second-order valence-electron chi connectivity index (χ2n) is 7.87. The first kappa shape index (κ1) is 23.5. The van der Waals surface area contributed by atoms with Crippen LogP contribution in [0, 0.1) is 13.8 Å². The highest BCUT2D eigenvalue weighted by atomic mass is 35.5. The molecule has 2 N–H and O–H groups in total. The molecule has 0 bridgehead atoms. The fraction of sp³-hybridized carbons (Fsp3) is 0.240. The van der Waals surface area contributed by atoms with Gasteiger partial charge < -0.3 is 24.5 Å². The van der Waals surface area contributed by atoms with E-state index in [1.165, 1.54) is 13.3 Å². The zero-order chi connectivity index (χ0) is 24.4. The monoisotopic (exact) mass is 480 g/mol. The third kappa shape index (κ3) is 4.55. The molecule has 1 amide bonds. The van der Waals surface area contributed by atoms with Gasteiger partial charge in [-0.2, -0.15) is 0 Å². The van der Waals surface area contributed by atoms with Crippen molar-refractivity contribution >= 4 is 34.1 Å². The Bertz CT molecular complexity index is 1350. The lowest BCUT2D eigenvalue weighted by molar-refractivity contribution is -0.124. The Morgan fingerprint density at radius 2 is 1.94 bits per heavy atom. The molecule has 0 saturated carbocycles. The van der Waals surface area contributed by atoms with Crippen LogP contribution in [0.5, 0.6) is 11.6 Å². The lowest BCUT2D eigenvalue weighted by Crippen LogP contribution is -2.21. The molecular weight excluding hydrogens is 456 g/mol. The van der Waals surface area contributed by atoms with Crippen LogP contribution in [0.25, 0.3) is 10.9 Å². The molecule has 34 heavy (non-hydrogen) atoms. The van der Waals surface area contributed by atoms with Crippen LogP contribution >= 0.6 is 11.6 Å². The van der Waals surface area contributed by atoms with Crippen molar-refractivity contribution in [3.8, 4) is 11.6 Å². The summed E-state index contributed by atoms with van der Waals surface area (Å²) >= 11 is 5.99. The summed E-state index contributed by atoms with van der Waals surface area (Å²) in [5.74, 6) is 0.456. The van der Waals surface area contributed by atoms with Crippen LogP contribution in [0.3, 0.4) is 0 Å². The van der Waals surface area contributed by atoms with Crippen LogP contribution < -0.4 is 14.8 Å². The van der Waals surface area contributed by atoms with Gasteiger partial charge in [0.15, 0.2) is 6.10 Å². The molecule has 8 nitrogen and oxygen atoms in total. The number of anilines is 1. The number of aryl methyl sites for hydroxylation is 1. The van der Waals surface area contributed by atoms with Gasteiger partial charge in [-0.3, -0.25) is 9.78 Å². The van der Waals surface area contributed by atoms with Gasteiger partial charge in [0.25, 0.3) is 5.91 Å². The molecule has 0 aliphatic rings. The van der Waals surface area contributed by atoms with Gasteiger partial charge in [0.1, 0.15) is 5.75 Å². The molecule has 1 unspecified atom stereocenters. The zero-order valence-electron chi connectivity index (χ0n) is 19.3. The number of carbonyl (C=O) groups is 1. The van der Waals surface area contributed by atoms with Gasteiger partial charge in [-0.1, -0.05) is 11.6 Å². The van der Waals surface area contributed by atoms with Gasteiger partial charge in [-0.05, 0) is 49.7 Å². The van der Waals surface area contributed by atoms with E-state index in [1.54, 1.807) is 31.5 Å². The molecule has 3 heterocycles. The average molecular weight is 481 g/mol. The topological polar surface area (TPSA) is 98.5 Å². The molecule has 1 atom stereocenters. The Balaban J connectivity index is 1.77. The molecule has 0 spiro atoms. The highest BCUT2D eigenvalue weighted by Gasteiger charge is 2.27. The van der Waals surface area contributed by atoms with Crippen molar-refractivity contribution in [3.63, 3.8) is 0 Å². The van der Waals surface area contributed by atoms with E-state index in [4.69, 9.17) is 21.1 Å². The zero-order valence-corrected chi connectivity index (χ0v) is 20.1. The second kappa shape index (κ2) is 9.70. The normalized spacial score (nSPS) is 11.9. The minimum Gasteiger partial charge on any atom is -0.496 e. The molecule has 0 radical (unpaired) electrons. The lowest BCUT2D eigenvalue weighted by atomic mass is 10.0. The number of carbonyl (C=O) groups excluding carboxylic acids is 1. The highest BCUT2D eigenvalue weighted by Crippen LogP contribution is 2.36. The van der Waals surface area contributed by atoms with E-state index in [0.29, 0.717) is 34.4 Å². The number of ether oxygens (including phenoxy) is 2. The van der Waals surface area contributed by atoms with Crippen LogP contribution in [0.2, 0.25) is 5.02 Å². The molecule has 9 heteroatoms. The van der Waals surface area contributed by atoms with E-state index >= 15 is 0 Å². The first-order valence-electron chi connectivity index (χ1n) is 10.6. The number of aliphatic hydroxyl groups excluding tert-OH is 1. The Kier molecular flexibility index (Phi) is 6.72. The Morgan fingerprint density at radius 3 is 2.62 bits per heavy atom. The number of rotatable bonds is 7. The molecular formula is C25H25ClN4O4. The molecule has 0 fully saturated rings. The number of amides is 1. The number of halogens is 1. The molecule has 4 aromatic rings. The standard InChI is InChI=1S/C25H25ClN4O4/c1-14-9-20-19(11-21(14)33-3)23(15(2)30(20)13-18-6-5-16(26)12-28-18)24(31)25(32)29-17-7-8-27-22(10-17)34-4/h5-12,24,31H,13H2,1-4H3,(H,27,29,32). The maximum atomic E-state index is 13.0. The Hall–Kier alpha value is -3.62. The summed E-state index contributed by atoms with van der Waals surface area (Å²) in [6, 6.07) is 10.7. The van der Waals surface area contributed by atoms with Gasteiger partial charge in [0.05, 0.1) is 31.5 Å². The minimum atomic E-state index is -1.42. The first-order valence-corrected chi connectivity index (χ1v) is 11.0. The number of pyridine rings is 2. The molecule has 0 saturated heterocycles. The molecule has 3 aromatic heterocycles. The molecule has 0 aliphatic carbocycles.